The summed E-state index contributed by atoms with van der Waals surface area (Å²) in [5, 5.41) is 2.58. The number of sulfonamides is 1. The smallest absolute Gasteiger partial charge is 0.340 e. The lowest BCUT2D eigenvalue weighted by Gasteiger charge is -2.13. The molecule has 0 unspecified atom stereocenters. The molecule has 3 aromatic rings. The van der Waals surface area contributed by atoms with Gasteiger partial charge in [-0.25, -0.2) is 13.2 Å². The van der Waals surface area contributed by atoms with Crippen LogP contribution in [-0.4, -0.2) is 26.9 Å². The third-order valence-electron chi connectivity index (χ3n) is 4.18. The first kappa shape index (κ1) is 22.3. The first-order valence-electron chi connectivity index (χ1n) is 9.26. The Balaban J connectivity index is 1.88. The van der Waals surface area contributed by atoms with Gasteiger partial charge in [0.1, 0.15) is 4.90 Å². The fourth-order valence-corrected chi connectivity index (χ4v) is 4.33. The molecule has 31 heavy (non-hydrogen) atoms. The number of carbonyl (C=O) groups excluding carboxylic acids is 2. The Morgan fingerprint density at radius 1 is 0.968 bits per heavy atom. The van der Waals surface area contributed by atoms with Gasteiger partial charge in [0.2, 0.25) is 0 Å². The van der Waals surface area contributed by atoms with Gasteiger partial charge in [0.15, 0.2) is 0 Å². The summed E-state index contributed by atoms with van der Waals surface area (Å²) in [7, 11) is -4.04. The molecule has 9 heteroatoms. The van der Waals surface area contributed by atoms with Crippen LogP contribution in [0.2, 0.25) is 5.02 Å². The molecule has 0 heterocycles. The van der Waals surface area contributed by atoms with Crippen LogP contribution >= 0.6 is 11.6 Å². The number of amides is 1. The van der Waals surface area contributed by atoms with Gasteiger partial charge in [0, 0.05) is 11.3 Å². The molecule has 0 aromatic heterocycles. The molecule has 0 saturated heterocycles. The number of nitrogens with one attached hydrogen (secondary N) is 2. The second-order valence-corrected chi connectivity index (χ2v) is 8.39. The number of anilines is 2. The summed E-state index contributed by atoms with van der Waals surface area (Å²) in [6.07, 6.45) is 0. The molecule has 160 valence electrons. The average molecular weight is 459 g/mol. The molecule has 1 amide bonds. The molecule has 2 N–H and O–H groups in total. The van der Waals surface area contributed by atoms with Gasteiger partial charge in [-0.05, 0) is 49.4 Å². The van der Waals surface area contributed by atoms with Crippen LogP contribution in [0.25, 0.3) is 0 Å². The van der Waals surface area contributed by atoms with Crippen LogP contribution in [0.5, 0.6) is 0 Å². The van der Waals surface area contributed by atoms with Gasteiger partial charge < -0.3 is 10.1 Å². The van der Waals surface area contributed by atoms with E-state index in [0.717, 1.165) is 0 Å². The zero-order chi connectivity index (χ0) is 22.4. The zero-order valence-corrected chi connectivity index (χ0v) is 18.0. The Labute approximate surface area is 185 Å². The fraction of sp³-hybridized carbons (Fsp3) is 0.0909. The van der Waals surface area contributed by atoms with Crippen LogP contribution in [0.3, 0.4) is 0 Å². The van der Waals surface area contributed by atoms with E-state index in [1.807, 2.05) is 0 Å². The van der Waals surface area contributed by atoms with Crippen molar-refractivity contribution in [2.24, 2.45) is 0 Å². The van der Waals surface area contributed by atoms with E-state index in [-0.39, 0.29) is 33.3 Å². The lowest BCUT2D eigenvalue weighted by atomic mass is 10.1. The van der Waals surface area contributed by atoms with Crippen LogP contribution in [0.15, 0.2) is 77.7 Å². The topological polar surface area (TPSA) is 102 Å². The number of halogens is 1. The van der Waals surface area contributed by atoms with E-state index in [2.05, 4.69) is 10.0 Å². The van der Waals surface area contributed by atoms with Gasteiger partial charge >= 0.3 is 5.97 Å². The van der Waals surface area contributed by atoms with Crippen molar-refractivity contribution in [3.05, 3.63) is 88.9 Å². The lowest BCUT2D eigenvalue weighted by molar-refractivity contribution is 0.0527. The van der Waals surface area contributed by atoms with E-state index < -0.39 is 21.9 Å². The molecule has 0 fully saturated rings. The summed E-state index contributed by atoms with van der Waals surface area (Å²) >= 11 is 6.10. The highest BCUT2D eigenvalue weighted by molar-refractivity contribution is 7.92. The maximum absolute atomic E-state index is 12.8. The average Bonchev–Trinajstić information content (AvgIpc) is 2.74. The molecule has 0 saturated carbocycles. The molecule has 0 radical (unpaired) electrons. The predicted molar refractivity (Wildman–Crippen MR) is 119 cm³/mol. The van der Waals surface area contributed by atoms with Gasteiger partial charge in [-0.3, -0.25) is 9.52 Å². The van der Waals surface area contributed by atoms with Crippen molar-refractivity contribution < 1.29 is 22.7 Å². The number of benzene rings is 3. The predicted octanol–water partition coefficient (Wildman–Crippen LogP) is 4.57. The molecular weight excluding hydrogens is 440 g/mol. The van der Waals surface area contributed by atoms with Crippen molar-refractivity contribution in [1.29, 1.82) is 0 Å². The number of hydrogen-bond acceptors (Lipinski definition) is 5. The highest BCUT2D eigenvalue weighted by atomic mass is 35.5. The monoisotopic (exact) mass is 458 g/mol. The molecule has 3 aromatic carbocycles. The summed E-state index contributed by atoms with van der Waals surface area (Å²) < 4.78 is 33.0. The van der Waals surface area contributed by atoms with Crippen molar-refractivity contribution >= 4 is 44.9 Å². The second kappa shape index (κ2) is 9.63. The molecular formula is C22H19ClN2O5S. The van der Waals surface area contributed by atoms with Crippen molar-refractivity contribution in [2.45, 2.75) is 11.8 Å². The summed E-state index contributed by atoms with van der Waals surface area (Å²) in [6.45, 7) is 1.87. The van der Waals surface area contributed by atoms with Crippen molar-refractivity contribution in [3.8, 4) is 0 Å². The minimum atomic E-state index is -4.04. The molecule has 0 spiro atoms. The van der Waals surface area contributed by atoms with E-state index in [1.54, 1.807) is 55.5 Å². The van der Waals surface area contributed by atoms with Gasteiger partial charge in [-0.2, -0.15) is 0 Å². The Morgan fingerprint density at radius 3 is 2.35 bits per heavy atom. The first-order valence-corrected chi connectivity index (χ1v) is 11.1. The molecule has 3 rings (SSSR count). The van der Waals surface area contributed by atoms with Gasteiger partial charge in [0.25, 0.3) is 15.9 Å². The zero-order valence-electron chi connectivity index (χ0n) is 16.5. The third-order valence-corrected chi connectivity index (χ3v) is 6.04. The normalized spacial score (nSPS) is 10.9. The number of hydrogen-bond donors (Lipinski definition) is 2. The van der Waals surface area contributed by atoms with Crippen LogP contribution < -0.4 is 10.0 Å². The van der Waals surface area contributed by atoms with E-state index in [0.29, 0.717) is 5.69 Å². The number of carbonyl (C=O) groups is 2. The van der Waals surface area contributed by atoms with Gasteiger partial charge in [-0.15, -0.1) is 0 Å². The minimum absolute atomic E-state index is 0.0353. The molecule has 0 aliphatic rings. The molecule has 0 bridgehead atoms. The van der Waals surface area contributed by atoms with Crippen LogP contribution in [-0.2, 0) is 14.8 Å². The lowest BCUT2D eigenvalue weighted by Crippen LogP contribution is -2.18. The third kappa shape index (κ3) is 5.42. The highest BCUT2D eigenvalue weighted by Crippen LogP contribution is 2.26. The van der Waals surface area contributed by atoms with E-state index >= 15 is 0 Å². The minimum Gasteiger partial charge on any atom is -0.462 e. The first-order chi connectivity index (χ1) is 14.8. The summed E-state index contributed by atoms with van der Waals surface area (Å²) in [5.41, 5.74) is 0.839. The Morgan fingerprint density at radius 2 is 1.65 bits per heavy atom. The SMILES string of the molecule is CCOC(=O)c1ccccc1NC(=O)c1ccc(Cl)c(S(=O)(=O)Nc2ccccc2)c1. The van der Waals surface area contributed by atoms with E-state index in [4.69, 9.17) is 16.3 Å². The molecule has 0 aliphatic carbocycles. The number of ether oxygens (including phenoxy) is 1. The number of para-hydroxylation sites is 2. The quantitative estimate of drug-likeness (QED) is 0.505. The van der Waals surface area contributed by atoms with Gasteiger partial charge in [0.05, 0.1) is 22.9 Å². The Bertz CT molecular complexity index is 1210. The maximum Gasteiger partial charge on any atom is 0.340 e. The Kier molecular flexibility index (Phi) is 6.94. The summed E-state index contributed by atoms with van der Waals surface area (Å²) in [6, 6.07) is 18.6. The highest BCUT2D eigenvalue weighted by Gasteiger charge is 2.21. The number of esters is 1. The van der Waals surface area contributed by atoms with Gasteiger partial charge in [-0.1, -0.05) is 41.9 Å². The molecule has 0 aliphatic heterocycles. The maximum atomic E-state index is 12.8. The van der Waals surface area contributed by atoms with Crippen molar-refractivity contribution in [1.82, 2.24) is 0 Å². The Hall–Kier alpha value is -3.36. The van der Waals surface area contributed by atoms with Crippen molar-refractivity contribution in [3.63, 3.8) is 0 Å². The standard InChI is InChI=1S/C22H19ClN2O5S/c1-2-30-22(27)17-10-6-7-11-19(17)24-21(26)15-12-13-18(23)20(14-15)31(28,29)25-16-8-4-3-5-9-16/h3-14,25H,2H2,1H3,(H,24,26). The summed E-state index contributed by atoms with van der Waals surface area (Å²) in [5.74, 6) is -1.19. The van der Waals surface area contributed by atoms with Crippen LogP contribution in [0.1, 0.15) is 27.6 Å². The molecule has 7 nitrogen and oxygen atoms in total. The number of rotatable bonds is 7. The fourth-order valence-electron chi connectivity index (χ4n) is 2.74. The van der Waals surface area contributed by atoms with Crippen LogP contribution in [0, 0.1) is 0 Å². The molecule has 0 atom stereocenters. The van der Waals surface area contributed by atoms with Crippen molar-refractivity contribution in [2.75, 3.05) is 16.6 Å². The van der Waals surface area contributed by atoms with E-state index in [1.165, 1.54) is 24.3 Å². The largest absolute Gasteiger partial charge is 0.462 e. The second-order valence-electron chi connectivity index (χ2n) is 6.34. The van der Waals surface area contributed by atoms with E-state index in [9.17, 15) is 18.0 Å². The summed E-state index contributed by atoms with van der Waals surface area (Å²) in [4.78, 5) is 24.6. The van der Waals surface area contributed by atoms with Crippen LogP contribution in [0.4, 0.5) is 11.4 Å².